The maximum atomic E-state index is 10.4. The highest BCUT2D eigenvalue weighted by atomic mass is 32.1. The number of carboxylic acid groups (broad SMARTS) is 1. The average molecular weight is 180 g/mol. The predicted octanol–water partition coefficient (Wildman–Crippen LogP) is 0.940. The fraction of sp³-hybridized carbons (Fsp3) is 0. The Kier molecular flexibility index (Phi) is 2.31. The average Bonchev–Trinajstić information content (AvgIpc) is 2.03. The van der Waals surface area contributed by atoms with Crippen LogP contribution in [0.25, 0.3) is 0 Å². The molecular weight excluding hydrogens is 176 g/mol. The van der Waals surface area contributed by atoms with Crippen LogP contribution in [0.15, 0.2) is 17.2 Å². The summed E-state index contributed by atoms with van der Waals surface area (Å²) in [7, 11) is 0. The maximum Gasteiger partial charge on any atom is 0.355 e. The van der Waals surface area contributed by atoms with E-state index in [1.54, 1.807) is 0 Å². The van der Waals surface area contributed by atoms with Crippen molar-refractivity contribution in [2.75, 3.05) is 0 Å². The van der Waals surface area contributed by atoms with E-state index in [4.69, 9.17) is 10.4 Å². The van der Waals surface area contributed by atoms with Crippen LogP contribution in [0.5, 0.6) is 0 Å². The van der Waals surface area contributed by atoms with E-state index in [9.17, 15) is 4.79 Å². The van der Waals surface area contributed by atoms with E-state index >= 15 is 0 Å². The fourth-order valence-electron chi connectivity index (χ4n) is 0.679. The van der Waals surface area contributed by atoms with Crippen LogP contribution in [0.1, 0.15) is 16.1 Å². The molecule has 0 aliphatic rings. The highest BCUT2D eigenvalue weighted by Crippen LogP contribution is 2.12. The highest BCUT2D eigenvalue weighted by Gasteiger charge is 2.09. The Balaban J connectivity index is 3.23. The number of thiol groups is 1. The topological polar surface area (TPSA) is 74.0 Å². The normalized spacial score (nSPS) is 9.00. The lowest BCUT2D eigenvalue weighted by Crippen LogP contribution is -2.01. The van der Waals surface area contributed by atoms with Crippen molar-refractivity contribution in [3.8, 4) is 6.07 Å². The minimum atomic E-state index is -1.15. The van der Waals surface area contributed by atoms with E-state index in [0.717, 1.165) is 0 Å². The van der Waals surface area contributed by atoms with E-state index < -0.39 is 5.97 Å². The molecule has 0 amide bonds. The summed E-state index contributed by atoms with van der Waals surface area (Å²) in [5.74, 6) is -1.15. The standard InChI is InChI=1S/C7H4N2O2S/c8-2-4-1-5(12)6(7(10)11)9-3-4/h1,3,12H,(H,10,11). The molecule has 0 fully saturated rings. The predicted molar refractivity (Wildman–Crippen MR) is 43.2 cm³/mol. The first-order chi connectivity index (χ1) is 5.65. The molecule has 1 heterocycles. The van der Waals surface area contributed by atoms with Gasteiger partial charge in [-0.3, -0.25) is 0 Å². The van der Waals surface area contributed by atoms with Crippen LogP contribution < -0.4 is 0 Å². The molecule has 0 aliphatic heterocycles. The van der Waals surface area contributed by atoms with Gasteiger partial charge in [0.15, 0.2) is 5.69 Å². The second-order valence-corrected chi connectivity index (χ2v) is 2.49. The Morgan fingerprint density at radius 3 is 2.83 bits per heavy atom. The third kappa shape index (κ3) is 1.54. The minimum Gasteiger partial charge on any atom is -0.476 e. The number of carboxylic acids is 1. The number of rotatable bonds is 1. The third-order valence-electron chi connectivity index (χ3n) is 1.20. The molecule has 0 saturated carbocycles. The van der Waals surface area contributed by atoms with Crippen molar-refractivity contribution < 1.29 is 9.90 Å². The number of aromatic carboxylic acids is 1. The Hall–Kier alpha value is -1.54. The molecule has 60 valence electrons. The number of nitriles is 1. The summed E-state index contributed by atoms with van der Waals surface area (Å²) in [5, 5.41) is 17.0. The molecule has 4 nitrogen and oxygen atoms in total. The van der Waals surface area contributed by atoms with Crippen LogP contribution in [-0.4, -0.2) is 16.1 Å². The molecular formula is C7H4N2O2S. The summed E-state index contributed by atoms with van der Waals surface area (Å²) >= 11 is 3.87. The number of aromatic nitrogens is 1. The van der Waals surface area contributed by atoms with Crippen LogP contribution in [0, 0.1) is 11.3 Å². The number of pyridine rings is 1. The van der Waals surface area contributed by atoms with Gasteiger partial charge in [-0.15, -0.1) is 12.6 Å². The van der Waals surface area contributed by atoms with Gasteiger partial charge in [0, 0.05) is 11.1 Å². The lowest BCUT2D eigenvalue weighted by Gasteiger charge is -1.96. The summed E-state index contributed by atoms with van der Waals surface area (Å²) in [5.41, 5.74) is 0.155. The quantitative estimate of drug-likeness (QED) is 0.631. The molecule has 0 saturated heterocycles. The van der Waals surface area contributed by atoms with E-state index in [-0.39, 0.29) is 10.6 Å². The van der Waals surface area contributed by atoms with E-state index in [1.165, 1.54) is 12.3 Å². The fourth-order valence-corrected chi connectivity index (χ4v) is 0.972. The Morgan fingerprint density at radius 1 is 1.75 bits per heavy atom. The number of hydrogen-bond donors (Lipinski definition) is 2. The zero-order valence-electron chi connectivity index (χ0n) is 5.85. The molecule has 1 aromatic rings. The Labute approximate surface area is 73.9 Å². The van der Waals surface area contributed by atoms with Gasteiger partial charge in [-0.2, -0.15) is 5.26 Å². The van der Waals surface area contributed by atoms with Crippen molar-refractivity contribution in [2.24, 2.45) is 0 Å². The molecule has 5 heteroatoms. The summed E-state index contributed by atoms with van der Waals surface area (Å²) in [4.78, 5) is 14.2. The molecule has 0 atom stereocenters. The van der Waals surface area contributed by atoms with E-state index in [1.807, 2.05) is 6.07 Å². The van der Waals surface area contributed by atoms with Gasteiger partial charge >= 0.3 is 5.97 Å². The van der Waals surface area contributed by atoms with Crippen molar-refractivity contribution in [1.29, 1.82) is 5.26 Å². The third-order valence-corrected chi connectivity index (χ3v) is 1.54. The lowest BCUT2D eigenvalue weighted by molar-refractivity contribution is 0.0686. The van der Waals surface area contributed by atoms with Gasteiger partial charge in [0.25, 0.3) is 0 Å². The summed E-state index contributed by atoms with van der Waals surface area (Å²) < 4.78 is 0. The van der Waals surface area contributed by atoms with Crippen molar-refractivity contribution in [1.82, 2.24) is 4.98 Å². The van der Waals surface area contributed by atoms with Crippen molar-refractivity contribution in [2.45, 2.75) is 4.90 Å². The van der Waals surface area contributed by atoms with Crippen LogP contribution >= 0.6 is 12.6 Å². The molecule has 1 aromatic heterocycles. The molecule has 0 radical (unpaired) electrons. The van der Waals surface area contributed by atoms with Gasteiger partial charge in [0.2, 0.25) is 0 Å². The SMILES string of the molecule is N#Cc1cnc(C(=O)O)c(S)c1. The number of hydrogen-bond acceptors (Lipinski definition) is 4. The lowest BCUT2D eigenvalue weighted by atomic mass is 10.2. The number of nitrogens with zero attached hydrogens (tertiary/aromatic N) is 2. The smallest absolute Gasteiger partial charge is 0.355 e. The zero-order chi connectivity index (χ0) is 9.14. The Morgan fingerprint density at radius 2 is 2.42 bits per heavy atom. The molecule has 1 rings (SSSR count). The van der Waals surface area contributed by atoms with Crippen LogP contribution in [0.3, 0.4) is 0 Å². The first-order valence-corrected chi connectivity index (χ1v) is 3.42. The van der Waals surface area contributed by atoms with Gasteiger partial charge in [0.1, 0.15) is 6.07 Å². The van der Waals surface area contributed by atoms with Crippen molar-refractivity contribution in [3.05, 3.63) is 23.5 Å². The summed E-state index contributed by atoms with van der Waals surface area (Å²) in [6.07, 6.45) is 1.20. The summed E-state index contributed by atoms with van der Waals surface area (Å²) in [6.45, 7) is 0. The van der Waals surface area contributed by atoms with Gasteiger partial charge in [-0.05, 0) is 6.07 Å². The van der Waals surface area contributed by atoms with Gasteiger partial charge in [0.05, 0.1) is 5.56 Å². The molecule has 1 N–H and O–H groups in total. The summed E-state index contributed by atoms with van der Waals surface area (Å²) in [6, 6.07) is 3.19. The second-order valence-electron chi connectivity index (χ2n) is 2.01. The van der Waals surface area contributed by atoms with Gasteiger partial charge in [-0.25, -0.2) is 9.78 Å². The molecule has 0 bridgehead atoms. The zero-order valence-corrected chi connectivity index (χ0v) is 6.75. The number of carbonyl (C=O) groups is 1. The van der Waals surface area contributed by atoms with Crippen molar-refractivity contribution >= 4 is 18.6 Å². The largest absolute Gasteiger partial charge is 0.476 e. The molecule has 0 unspecified atom stereocenters. The van der Waals surface area contributed by atoms with Crippen LogP contribution in [-0.2, 0) is 0 Å². The minimum absolute atomic E-state index is 0.141. The van der Waals surface area contributed by atoms with Gasteiger partial charge in [-0.1, -0.05) is 0 Å². The van der Waals surface area contributed by atoms with E-state index in [2.05, 4.69) is 17.6 Å². The monoisotopic (exact) mass is 180 g/mol. The van der Waals surface area contributed by atoms with Crippen LogP contribution in [0.2, 0.25) is 0 Å². The Bertz CT molecular complexity index is 370. The molecule has 0 aliphatic carbocycles. The van der Waals surface area contributed by atoms with Crippen molar-refractivity contribution in [3.63, 3.8) is 0 Å². The van der Waals surface area contributed by atoms with Gasteiger partial charge < -0.3 is 5.11 Å². The molecule has 0 aromatic carbocycles. The molecule has 0 spiro atoms. The molecule has 12 heavy (non-hydrogen) atoms. The second kappa shape index (κ2) is 3.24. The first-order valence-electron chi connectivity index (χ1n) is 2.97. The maximum absolute atomic E-state index is 10.4. The van der Waals surface area contributed by atoms with Crippen LogP contribution in [0.4, 0.5) is 0 Å². The highest BCUT2D eigenvalue weighted by molar-refractivity contribution is 7.80. The first kappa shape index (κ1) is 8.56. The van der Waals surface area contributed by atoms with E-state index in [0.29, 0.717) is 5.56 Å².